The molecule has 1 aliphatic heterocycles. The Kier molecular flexibility index (Phi) is 4.91. The smallest absolute Gasteiger partial charge is 0.273 e. The summed E-state index contributed by atoms with van der Waals surface area (Å²) in [4.78, 5) is 18.4. The first-order valence-electron chi connectivity index (χ1n) is 7.35. The lowest BCUT2D eigenvalue weighted by molar-refractivity contribution is 0.0692. The molecule has 0 atom stereocenters. The number of nitrogens with zero attached hydrogens (tertiary/aromatic N) is 3. The average Bonchev–Trinajstić information content (AvgIpc) is 3.01. The van der Waals surface area contributed by atoms with Crippen molar-refractivity contribution in [3.8, 4) is 0 Å². The third-order valence-corrected chi connectivity index (χ3v) is 6.70. The van der Waals surface area contributed by atoms with Crippen molar-refractivity contribution in [1.82, 2.24) is 14.2 Å². The number of halogens is 1. The first kappa shape index (κ1) is 17.3. The Morgan fingerprint density at radius 3 is 2.54 bits per heavy atom. The lowest BCUT2D eigenvalue weighted by atomic mass is 10.3. The van der Waals surface area contributed by atoms with Crippen LogP contribution in [0.2, 0.25) is 5.02 Å². The van der Waals surface area contributed by atoms with E-state index in [1.165, 1.54) is 27.8 Å². The molecule has 0 saturated carbocycles. The van der Waals surface area contributed by atoms with Crippen LogP contribution < -0.4 is 0 Å². The van der Waals surface area contributed by atoms with Crippen molar-refractivity contribution >= 4 is 38.9 Å². The predicted molar refractivity (Wildman–Crippen MR) is 93.0 cm³/mol. The fraction of sp³-hybridized carbons (Fsp3) is 0.333. The zero-order chi connectivity index (χ0) is 17.3. The minimum absolute atomic E-state index is 0.154. The van der Waals surface area contributed by atoms with Crippen molar-refractivity contribution in [3.05, 3.63) is 45.4 Å². The summed E-state index contributed by atoms with van der Waals surface area (Å²) in [5, 5.41) is 2.94. The van der Waals surface area contributed by atoms with E-state index in [0.29, 0.717) is 23.8 Å². The Hall–Kier alpha value is -1.48. The van der Waals surface area contributed by atoms with E-state index in [9.17, 15) is 13.2 Å². The van der Waals surface area contributed by atoms with E-state index in [1.54, 1.807) is 22.4 Å². The van der Waals surface area contributed by atoms with Gasteiger partial charge in [0.25, 0.3) is 5.91 Å². The van der Waals surface area contributed by atoms with Gasteiger partial charge in [0.1, 0.15) is 5.69 Å². The zero-order valence-electron chi connectivity index (χ0n) is 13.0. The molecule has 3 rings (SSSR count). The zero-order valence-corrected chi connectivity index (χ0v) is 15.4. The summed E-state index contributed by atoms with van der Waals surface area (Å²) in [6.07, 6.45) is 0. The molecule has 0 N–H and O–H groups in total. The van der Waals surface area contributed by atoms with Gasteiger partial charge in [-0.05, 0) is 25.1 Å². The van der Waals surface area contributed by atoms with Crippen LogP contribution >= 0.6 is 22.9 Å². The third kappa shape index (κ3) is 3.46. The van der Waals surface area contributed by atoms with Crippen molar-refractivity contribution in [2.75, 3.05) is 26.2 Å². The Morgan fingerprint density at radius 2 is 1.96 bits per heavy atom. The molecule has 6 nitrogen and oxygen atoms in total. The summed E-state index contributed by atoms with van der Waals surface area (Å²) >= 11 is 7.31. The van der Waals surface area contributed by atoms with E-state index in [2.05, 4.69) is 4.98 Å². The summed E-state index contributed by atoms with van der Waals surface area (Å²) in [6.45, 7) is 3.04. The second-order valence-corrected chi connectivity index (χ2v) is 8.84. The highest BCUT2D eigenvalue weighted by atomic mass is 35.5. The molecule has 0 bridgehead atoms. The number of rotatable bonds is 3. The molecule has 24 heavy (non-hydrogen) atoms. The number of carbonyl (C=O) groups is 1. The van der Waals surface area contributed by atoms with Crippen LogP contribution in [0.1, 0.15) is 15.5 Å². The number of hydrogen-bond donors (Lipinski definition) is 0. The van der Waals surface area contributed by atoms with Gasteiger partial charge in [-0.2, -0.15) is 4.31 Å². The number of carbonyl (C=O) groups excluding carboxylic acids is 1. The molecule has 2 heterocycles. The molecule has 2 aromatic rings. The number of hydrogen-bond acceptors (Lipinski definition) is 5. The van der Waals surface area contributed by atoms with E-state index in [-0.39, 0.29) is 23.9 Å². The highest BCUT2D eigenvalue weighted by Crippen LogP contribution is 2.21. The molecule has 1 saturated heterocycles. The quantitative estimate of drug-likeness (QED) is 0.812. The van der Waals surface area contributed by atoms with Crippen LogP contribution in [-0.2, 0) is 10.0 Å². The standard InChI is InChI=1S/C15H16ClN3O3S2/c1-11-17-14(10-23-11)15(20)18-5-7-19(8-6-18)24(21,22)13-4-2-3-12(16)9-13/h2-4,9-10H,5-8H2,1H3. The van der Waals surface area contributed by atoms with Crippen LogP contribution in [0.5, 0.6) is 0 Å². The van der Waals surface area contributed by atoms with Crippen molar-refractivity contribution < 1.29 is 13.2 Å². The number of aromatic nitrogens is 1. The molecule has 0 unspecified atom stereocenters. The fourth-order valence-corrected chi connectivity index (χ4v) is 4.84. The largest absolute Gasteiger partial charge is 0.335 e. The van der Waals surface area contributed by atoms with Gasteiger partial charge in [0.05, 0.1) is 9.90 Å². The molecule has 1 amide bonds. The van der Waals surface area contributed by atoms with Crippen LogP contribution in [0, 0.1) is 6.92 Å². The van der Waals surface area contributed by atoms with Gasteiger partial charge in [-0.3, -0.25) is 4.79 Å². The van der Waals surface area contributed by atoms with Crippen molar-refractivity contribution in [3.63, 3.8) is 0 Å². The van der Waals surface area contributed by atoms with E-state index in [1.807, 2.05) is 6.92 Å². The molecule has 128 valence electrons. The minimum Gasteiger partial charge on any atom is -0.335 e. The third-order valence-electron chi connectivity index (χ3n) is 3.80. The SMILES string of the molecule is Cc1nc(C(=O)N2CCN(S(=O)(=O)c3cccc(Cl)c3)CC2)cs1. The maximum Gasteiger partial charge on any atom is 0.273 e. The molecule has 0 radical (unpaired) electrons. The minimum atomic E-state index is -3.60. The lowest BCUT2D eigenvalue weighted by Crippen LogP contribution is -2.50. The highest BCUT2D eigenvalue weighted by molar-refractivity contribution is 7.89. The lowest BCUT2D eigenvalue weighted by Gasteiger charge is -2.33. The van der Waals surface area contributed by atoms with Crippen LogP contribution in [0.3, 0.4) is 0 Å². The maximum atomic E-state index is 12.6. The fourth-order valence-electron chi connectivity index (χ4n) is 2.53. The molecule has 1 fully saturated rings. The second kappa shape index (κ2) is 6.79. The molecular weight excluding hydrogens is 370 g/mol. The summed E-state index contributed by atoms with van der Waals surface area (Å²) in [7, 11) is -3.60. The molecule has 9 heteroatoms. The summed E-state index contributed by atoms with van der Waals surface area (Å²) in [6, 6.07) is 6.20. The molecule has 1 aromatic carbocycles. The molecule has 0 spiro atoms. The van der Waals surface area contributed by atoms with Gasteiger partial charge in [-0.15, -0.1) is 11.3 Å². The van der Waals surface area contributed by atoms with Crippen molar-refractivity contribution in [2.24, 2.45) is 0 Å². The number of aryl methyl sites for hydroxylation is 1. The van der Waals surface area contributed by atoms with Crippen LogP contribution in [0.25, 0.3) is 0 Å². The van der Waals surface area contributed by atoms with Gasteiger partial charge in [0.2, 0.25) is 10.0 Å². The van der Waals surface area contributed by atoms with Gasteiger partial charge >= 0.3 is 0 Å². The Morgan fingerprint density at radius 1 is 1.25 bits per heavy atom. The predicted octanol–water partition coefficient (Wildman–Crippen LogP) is 2.25. The Labute approximate surface area is 149 Å². The first-order chi connectivity index (χ1) is 11.4. The first-order valence-corrected chi connectivity index (χ1v) is 10.0. The van der Waals surface area contributed by atoms with Crippen molar-refractivity contribution in [2.45, 2.75) is 11.8 Å². The topological polar surface area (TPSA) is 70.6 Å². The number of amides is 1. The van der Waals surface area contributed by atoms with E-state index in [4.69, 9.17) is 11.6 Å². The summed E-state index contributed by atoms with van der Waals surface area (Å²) in [5.41, 5.74) is 0.420. The molecule has 0 aliphatic carbocycles. The van der Waals surface area contributed by atoms with E-state index >= 15 is 0 Å². The van der Waals surface area contributed by atoms with Crippen LogP contribution in [0.4, 0.5) is 0 Å². The second-order valence-electron chi connectivity index (χ2n) is 5.41. The Bertz CT molecular complexity index is 858. The number of thiazole rings is 1. The maximum absolute atomic E-state index is 12.6. The molecule has 1 aliphatic rings. The van der Waals surface area contributed by atoms with Gasteiger partial charge in [0, 0.05) is 36.6 Å². The van der Waals surface area contributed by atoms with Gasteiger partial charge < -0.3 is 4.90 Å². The summed E-state index contributed by atoms with van der Waals surface area (Å²) < 4.78 is 26.7. The van der Waals surface area contributed by atoms with E-state index < -0.39 is 10.0 Å². The molecule has 1 aromatic heterocycles. The summed E-state index contributed by atoms with van der Waals surface area (Å²) in [5.74, 6) is -0.154. The van der Waals surface area contributed by atoms with Gasteiger partial charge in [0.15, 0.2) is 0 Å². The normalized spacial score (nSPS) is 16.3. The highest BCUT2D eigenvalue weighted by Gasteiger charge is 2.31. The molecular formula is C15H16ClN3O3S2. The monoisotopic (exact) mass is 385 g/mol. The number of piperazine rings is 1. The van der Waals surface area contributed by atoms with Crippen molar-refractivity contribution in [1.29, 1.82) is 0 Å². The van der Waals surface area contributed by atoms with Gasteiger partial charge in [-0.1, -0.05) is 17.7 Å². The number of sulfonamides is 1. The Balaban J connectivity index is 1.69. The van der Waals surface area contributed by atoms with Crippen LogP contribution in [-0.4, -0.2) is 54.7 Å². The average molecular weight is 386 g/mol. The van der Waals surface area contributed by atoms with E-state index in [0.717, 1.165) is 5.01 Å². The van der Waals surface area contributed by atoms with Crippen LogP contribution in [0.15, 0.2) is 34.5 Å². The number of benzene rings is 1. The van der Waals surface area contributed by atoms with Gasteiger partial charge in [-0.25, -0.2) is 13.4 Å².